The molecule has 2 aliphatic rings. The molecule has 1 aromatic rings. The lowest BCUT2D eigenvalue weighted by Crippen LogP contribution is -2.45. The Kier molecular flexibility index (Phi) is 3.64. The first-order valence-corrected chi connectivity index (χ1v) is 7.66. The van der Waals surface area contributed by atoms with Gasteiger partial charge in [-0.05, 0) is 18.9 Å². The standard InChI is InChI=1S/C17H21N3O2/c1-4-9-20-10-13-14(16(20)21)15(18-17(22)19(13)3)12-7-5-11(2)6-8-12/h5-8,15H,4,9-10H2,1-3H3,(H,18,22)/t15-/m0/s1. The van der Waals surface area contributed by atoms with Crippen molar-refractivity contribution in [3.63, 3.8) is 0 Å². The Morgan fingerprint density at radius 1 is 1.23 bits per heavy atom. The van der Waals surface area contributed by atoms with Gasteiger partial charge in [0.25, 0.3) is 5.91 Å². The molecule has 3 amide bonds. The van der Waals surface area contributed by atoms with Gasteiger partial charge >= 0.3 is 6.03 Å². The normalized spacial score (nSPS) is 21.3. The number of urea groups is 1. The lowest BCUT2D eigenvalue weighted by Gasteiger charge is -2.31. The molecule has 22 heavy (non-hydrogen) atoms. The monoisotopic (exact) mass is 299 g/mol. The van der Waals surface area contributed by atoms with Crippen molar-refractivity contribution in [2.75, 3.05) is 20.1 Å². The van der Waals surface area contributed by atoms with E-state index in [2.05, 4.69) is 12.2 Å². The minimum absolute atomic E-state index is 0.0364. The number of rotatable bonds is 3. The highest BCUT2D eigenvalue weighted by Crippen LogP contribution is 2.35. The fourth-order valence-corrected chi connectivity index (χ4v) is 3.08. The molecular weight excluding hydrogens is 278 g/mol. The second-order valence-electron chi connectivity index (χ2n) is 5.94. The SMILES string of the molecule is CCCN1CC2=C(C1=O)[C@H](c1ccc(C)cc1)NC(=O)N2C. The van der Waals surface area contributed by atoms with E-state index < -0.39 is 0 Å². The maximum atomic E-state index is 12.7. The second kappa shape index (κ2) is 5.48. The van der Waals surface area contributed by atoms with Crippen LogP contribution in [0.5, 0.6) is 0 Å². The first-order valence-electron chi connectivity index (χ1n) is 7.66. The first kappa shape index (κ1) is 14.6. The van der Waals surface area contributed by atoms with E-state index in [1.54, 1.807) is 11.9 Å². The maximum absolute atomic E-state index is 12.7. The van der Waals surface area contributed by atoms with Crippen molar-refractivity contribution in [3.05, 3.63) is 46.7 Å². The van der Waals surface area contributed by atoms with Gasteiger partial charge in [0.2, 0.25) is 0 Å². The highest BCUT2D eigenvalue weighted by atomic mass is 16.2. The van der Waals surface area contributed by atoms with Gasteiger partial charge in [0.05, 0.1) is 23.9 Å². The molecule has 2 aliphatic heterocycles. The predicted molar refractivity (Wildman–Crippen MR) is 84.1 cm³/mol. The summed E-state index contributed by atoms with van der Waals surface area (Å²) < 4.78 is 0. The fourth-order valence-electron chi connectivity index (χ4n) is 3.08. The molecule has 1 N–H and O–H groups in total. The average Bonchev–Trinajstić information content (AvgIpc) is 2.82. The van der Waals surface area contributed by atoms with Crippen LogP contribution in [0.1, 0.15) is 30.5 Å². The van der Waals surface area contributed by atoms with Gasteiger partial charge in [-0.3, -0.25) is 9.69 Å². The molecule has 0 saturated carbocycles. The Balaban J connectivity index is 2.02. The largest absolute Gasteiger partial charge is 0.333 e. The first-order chi connectivity index (χ1) is 10.5. The van der Waals surface area contributed by atoms with Crippen molar-refractivity contribution < 1.29 is 9.59 Å². The fraction of sp³-hybridized carbons (Fsp3) is 0.412. The molecule has 0 aromatic heterocycles. The van der Waals surface area contributed by atoms with Crippen molar-refractivity contribution in [1.29, 1.82) is 0 Å². The molecule has 0 bridgehead atoms. The number of hydrogen-bond acceptors (Lipinski definition) is 2. The summed E-state index contributed by atoms with van der Waals surface area (Å²) in [6.45, 7) is 5.31. The summed E-state index contributed by atoms with van der Waals surface area (Å²) in [7, 11) is 1.72. The zero-order valence-electron chi connectivity index (χ0n) is 13.2. The van der Waals surface area contributed by atoms with Crippen LogP contribution in [0.2, 0.25) is 0 Å². The third kappa shape index (κ3) is 2.26. The van der Waals surface area contributed by atoms with Gasteiger partial charge < -0.3 is 10.2 Å². The lowest BCUT2D eigenvalue weighted by molar-refractivity contribution is -0.125. The molecule has 1 atom stereocenters. The van der Waals surface area contributed by atoms with Crippen molar-refractivity contribution in [2.45, 2.75) is 26.3 Å². The number of benzene rings is 1. The van der Waals surface area contributed by atoms with E-state index in [4.69, 9.17) is 0 Å². The number of carbonyl (C=O) groups excluding carboxylic acids is 2. The van der Waals surface area contributed by atoms with Gasteiger partial charge in [0, 0.05) is 13.6 Å². The van der Waals surface area contributed by atoms with E-state index in [-0.39, 0.29) is 18.0 Å². The number of amides is 3. The summed E-state index contributed by atoms with van der Waals surface area (Å²) in [6, 6.07) is 7.45. The number of likely N-dealkylation sites (N-methyl/N-ethyl adjacent to an activating group) is 1. The van der Waals surface area contributed by atoms with E-state index in [0.29, 0.717) is 18.7 Å². The molecule has 2 heterocycles. The van der Waals surface area contributed by atoms with Crippen LogP contribution in [0.3, 0.4) is 0 Å². The zero-order valence-corrected chi connectivity index (χ0v) is 13.2. The average molecular weight is 299 g/mol. The van der Waals surface area contributed by atoms with Crippen molar-refractivity contribution in [1.82, 2.24) is 15.1 Å². The summed E-state index contributed by atoms with van der Waals surface area (Å²) in [4.78, 5) is 28.3. The van der Waals surface area contributed by atoms with E-state index in [1.807, 2.05) is 36.1 Å². The van der Waals surface area contributed by atoms with Gasteiger partial charge in [-0.15, -0.1) is 0 Å². The van der Waals surface area contributed by atoms with Crippen LogP contribution in [-0.2, 0) is 4.79 Å². The van der Waals surface area contributed by atoms with E-state index >= 15 is 0 Å². The van der Waals surface area contributed by atoms with Gasteiger partial charge in [-0.2, -0.15) is 0 Å². The quantitative estimate of drug-likeness (QED) is 0.930. The number of hydrogen-bond donors (Lipinski definition) is 1. The van der Waals surface area contributed by atoms with Crippen molar-refractivity contribution in [3.8, 4) is 0 Å². The van der Waals surface area contributed by atoms with Crippen LogP contribution in [-0.4, -0.2) is 41.9 Å². The van der Waals surface area contributed by atoms with Crippen LogP contribution in [0.4, 0.5) is 4.79 Å². The van der Waals surface area contributed by atoms with Crippen molar-refractivity contribution >= 4 is 11.9 Å². The lowest BCUT2D eigenvalue weighted by atomic mass is 9.95. The Morgan fingerprint density at radius 3 is 2.55 bits per heavy atom. The minimum atomic E-state index is -0.353. The molecule has 5 heteroatoms. The zero-order chi connectivity index (χ0) is 15.9. The number of nitrogens with zero attached hydrogens (tertiary/aromatic N) is 2. The summed E-state index contributed by atoms with van der Waals surface area (Å²) in [6.07, 6.45) is 0.909. The highest BCUT2D eigenvalue weighted by Gasteiger charge is 2.42. The van der Waals surface area contributed by atoms with Gasteiger partial charge in [-0.25, -0.2) is 4.79 Å². The molecule has 0 fully saturated rings. The molecule has 1 aromatic carbocycles. The molecule has 5 nitrogen and oxygen atoms in total. The molecular formula is C17H21N3O2. The van der Waals surface area contributed by atoms with Crippen LogP contribution < -0.4 is 5.32 Å². The molecule has 0 spiro atoms. The van der Waals surface area contributed by atoms with E-state index in [9.17, 15) is 9.59 Å². The Hall–Kier alpha value is -2.30. The summed E-state index contributed by atoms with van der Waals surface area (Å²) >= 11 is 0. The third-order valence-electron chi connectivity index (χ3n) is 4.34. The van der Waals surface area contributed by atoms with Crippen LogP contribution >= 0.6 is 0 Å². The van der Waals surface area contributed by atoms with Crippen LogP contribution in [0.25, 0.3) is 0 Å². The molecule has 0 radical (unpaired) electrons. The second-order valence-corrected chi connectivity index (χ2v) is 5.94. The highest BCUT2D eigenvalue weighted by molar-refractivity contribution is 6.01. The number of nitrogens with one attached hydrogen (secondary N) is 1. The molecule has 0 aliphatic carbocycles. The third-order valence-corrected chi connectivity index (χ3v) is 4.34. The van der Waals surface area contributed by atoms with E-state index in [1.165, 1.54) is 0 Å². The molecule has 0 saturated heterocycles. The van der Waals surface area contributed by atoms with Crippen LogP contribution in [0.15, 0.2) is 35.5 Å². The smallest absolute Gasteiger partial charge is 0.322 e. The van der Waals surface area contributed by atoms with Gasteiger partial charge in [-0.1, -0.05) is 36.8 Å². The van der Waals surface area contributed by atoms with Crippen molar-refractivity contribution in [2.24, 2.45) is 0 Å². The van der Waals surface area contributed by atoms with Gasteiger partial charge in [0.1, 0.15) is 0 Å². The van der Waals surface area contributed by atoms with E-state index in [0.717, 1.165) is 23.2 Å². The maximum Gasteiger partial charge on any atom is 0.322 e. The topological polar surface area (TPSA) is 52.7 Å². The molecule has 0 unspecified atom stereocenters. The van der Waals surface area contributed by atoms with Gasteiger partial charge in [0.15, 0.2) is 0 Å². The summed E-state index contributed by atoms with van der Waals surface area (Å²) in [5.74, 6) is 0.0364. The Bertz CT molecular complexity index is 648. The molecule has 3 rings (SSSR count). The number of carbonyl (C=O) groups is 2. The number of aryl methyl sites for hydroxylation is 1. The summed E-state index contributed by atoms with van der Waals surface area (Å²) in [5.41, 5.74) is 3.64. The predicted octanol–water partition coefficient (Wildman–Crippen LogP) is 2.20. The Morgan fingerprint density at radius 2 is 1.91 bits per heavy atom. The Labute approximate surface area is 130 Å². The minimum Gasteiger partial charge on any atom is -0.333 e. The van der Waals surface area contributed by atoms with Crippen LogP contribution in [0, 0.1) is 6.92 Å². The molecule has 116 valence electrons. The summed E-state index contributed by atoms with van der Waals surface area (Å²) in [5, 5.41) is 2.95.